The van der Waals surface area contributed by atoms with E-state index in [1.54, 1.807) is 6.07 Å². The van der Waals surface area contributed by atoms with Crippen LogP contribution in [0.25, 0.3) is 11.0 Å². The maximum absolute atomic E-state index is 11.0. The van der Waals surface area contributed by atoms with Crippen LogP contribution in [0, 0.1) is 0 Å². The predicted octanol–water partition coefficient (Wildman–Crippen LogP) is 3.40. The SMILES string of the molecule is CC(=O)c1cc2c(Br)cccc2o1. The first-order valence-corrected chi connectivity index (χ1v) is 4.67. The van der Waals surface area contributed by atoms with E-state index in [2.05, 4.69) is 15.9 Å². The highest BCUT2D eigenvalue weighted by atomic mass is 79.9. The molecule has 13 heavy (non-hydrogen) atoms. The number of hydrogen-bond acceptors (Lipinski definition) is 2. The molecule has 0 atom stereocenters. The van der Waals surface area contributed by atoms with Crippen LogP contribution in [0.2, 0.25) is 0 Å². The second kappa shape index (κ2) is 3.00. The molecule has 0 radical (unpaired) electrons. The summed E-state index contributed by atoms with van der Waals surface area (Å²) in [6.07, 6.45) is 0. The Hall–Kier alpha value is -1.09. The van der Waals surface area contributed by atoms with Crippen molar-refractivity contribution in [2.45, 2.75) is 6.92 Å². The van der Waals surface area contributed by atoms with Gasteiger partial charge in [0.05, 0.1) is 0 Å². The Morgan fingerprint density at radius 1 is 1.46 bits per heavy atom. The summed E-state index contributed by atoms with van der Waals surface area (Å²) in [4.78, 5) is 11.0. The molecule has 0 spiro atoms. The van der Waals surface area contributed by atoms with Gasteiger partial charge in [-0.3, -0.25) is 4.79 Å². The summed E-state index contributed by atoms with van der Waals surface area (Å²) in [5, 5.41) is 0.938. The Morgan fingerprint density at radius 2 is 2.23 bits per heavy atom. The summed E-state index contributed by atoms with van der Waals surface area (Å²) in [7, 11) is 0. The van der Waals surface area contributed by atoms with Crippen molar-refractivity contribution < 1.29 is 9.21 Å². The Morgan fingerprint density at radius 3 is 2.85 bits per heavy atom. The number of carbonyl (C=O) groups excluding carboxylic acids is 1. The summed E-state index contributed by atoms with van der Waals surface area (Å²) >= 11 is 3.39. The predicted molar refractivity (Wildman–Crippen MR) is 53.9 cm³/mol. The van der Waals surface area contributed by atoms with Crippen molar-refractivity contribution in [2.75, 3.05) is 0 Å². The third-order valence-corrected chi connectivity index (χ3v) is 2.55. The van der Waals surface area contributed by atoms with E-state index < -0.39 is 0 Å². The average molecular weight is 239 g/mol. The van der Waals surface area contributed by atoms with Crippen LogP contribution in [0.15, 0.2) is 33.2 Å². The molecule has 0 bridgehead atoms. The minimum Gasteiger partial charge on any atom is -0.453 e. The molecule has 2 aromatic rings. The van der Waals surface area contributed by atoms with Gasteiger partial charge in [-0.1, -0.05) is 22.0 Å². The van der Waals surface area contributed by atoms with Gasteiger partial charge in [0.15, 0.2) is 11.5 Å². The molecule has 0 aliphatic carbocycles. The number of fused-ring (bicyclic) bond motifs is 1. The van der Waals surface area contributed by atoms with Gasteiger partial charge in [0, 0.05) is 16.8 Å². The van der Waals surface area contributed by atoms with Gasteiger partial charge in [0.2, 0.25) is 0 Å². The quantitative estimate of drug-likeness (QED) is 0.714. The van der Waals surface area contributed by atoms with Crippen LogP contribution in [-0.4, -0.2) is 5.78 Å². The first-order chi connectivity index (χ1) is 6.18. The monoisotopic (exact) mass is 238 g/mol. The van der Waals surface area contributed by atoms with Gasteiger partial charge in [-0.15, -0.1) is 0 Å². The number of halogens is 1. The van der Waals surface area contributed by atoms with Crippen molar-refractivity contribution >= 4 is 32.7 Å². The van der Waals surface area contributed by atoms with Crippen molar-refractivity contribution in [3.8, 4) is 0 Å². The lowest BCUT2D eigenvalue weighted by Crippen LogP contribution is -1.85. The number of benzene rings is 1. The normalized spacial score (nSPS) is 10.6. The van der Waals surface area contributed by atoms with Crippen molar-refractivity contribution in [3.63, 3.8) is 0 Å². The molecule has 0 aliphatic rings. The van der Waals surface area contributed by atoms with E-state index >= 15 is 0 Å². The maximum atomic E-state index is 11.0. The van der Waals surface area contributed by atoms with E-state index in [-0.39, 0.29) is 5.78 Å². The highest BCUT2D eigenvalue weighted by molar-refractivity contribution is 9.10. The molecule has 0 saturated carbocycles. The summed E-state index contributed by atoms with van der Waals surface area (Å²) in [6.45, 7) is 1.49. The van der Waals surface area contributed by atoms with Crippen LogP contribution >= 0.6 is 15.9 Å². The van der Waals surface area contributed by atoms with Gasteiger partial charge in [-0.25, -0.2) is 0 Å². The van der Waals surface area contributed by atoms with Gasteiger partial charge in [0.1, 0.15) is 5.58 Å². The maximum Gasteiger partial charge on any atom is 0.194 e. The fraction of sp³-hybridized carbons (Fsp3) is 0.100. The molecule has 0 amide bonds. The van der Waals surface area contributed by atoms with Crippen molar-refractivity contribution in [2.24, 2.45) is 0 Å². The topological polar surface area (TPSA) is 30.2 Å². The first-order valence-electron chi connectivity index (χ1n) is 3.87. The van der Waals surface area contributed by atoms with Gasteiger partial charge < -0.3 is 4.42 Å². The number of furan rings is 1. The minimum absolute atomic E-state index is 0.0527. The van der Waals surface area contributed by atoms with Crippen LogP contribution in [0.3, 0.4) is 0 Å². The molecule has 0 unspecified atom stereocenters. The van der Waals surface area contributed by atoms with Crippen molar-refractivity contribution in [1.82, 2.24) is 0 Å². The van der Waals surface area contributed by atoms with E-state index in [0.717, 1.165) is 15.4 Å². The fourth-order valence-corrected chi connectivity index (χ4v) is 1.66. The summed E-state index contributed by atoms with van der Waals surface area (Å²) in [5.41, 5.74) is 0.736. The molecule has 2 rings (SSSR count). The van der Waals surface area contributed by atoms with E-state index in [0.29, 0.717) is 5.76 Å². The second-order valence-electron chi connectivity index (χ2n) is 2.82. The second-order valence-corrected chi connectivity index (χ2v) is 3.67. The van der Waals surface area contributed by atoms with E-state index in [9.17, 15) is 4.79 Å². The van der Waals surface area contributed by atoms with Gasteiger partial charge in [0.25, 0.3) is 0 Å². The molecule has 66 valence electrons. The van der Waals surface area contributed by atoms with E-state index in [1.165, 1.54) is 6.92 Å². The van der Waals surface area contributed by atoms with Crippen LogP contribution in [0.1, 0.15) is 17.5 Å². The number of rotatable bonds is 1. The Balaban J connectivity index is 2.75. The molecule has 3 heteroatoms. The van der Waals surface area contributed by atoms with Crippen molar-refractivity contribution in [1.29, 1.82) is 0 Å². The largest absolute Gasteiger partial charge is 0.453 e. The number of Topliss-reactive ketones (excluding diaryl/α,β-unsaturated/α-hetero) is 1. The molecule has 1 heterocycles. The van der Waals surface area contributed by atoms with Crippen LogP contribution < -0.4 is 0 Å². The van der Waals surface area contributed by atoms with Gasteiger partial charge >= 0.3 is 0 Å². The van der Waals surface area contributed by atoms with Crippen LogP contribution in [-0.2, 0) is 0 Å². The molecule has 0 N–H and O–H groups in total. The molecular weight excluding hydrogens is 232 g/mol. The third kappa shape index (κ3) is 1.40. The van der Waals surface area contributed by atoms with Crippen LogP contribution in [0.4, 0.5) is 0 Å². The Kier molecular flexibility index (Phi) is 1.96. The fourth-order valence-electron chi connectivity index (χ4n) is 1.20. The van der Waals surface area contributed by atoms with Gasteiger partial charge in [-0.2, -0.15) is 0 Å². The smallest absolute Gasteiger partial charge is 0.194 e. The lowest BCUT2D eigenvalue weighted by Gasteiger charge is -1.88. The molecule has 0 aliphatic heterocycles. The molecular formula is C10H7BrO2. The van der Waals surface area contributed by atoms with Gasteiger partial charge in [-0.05, 0) is 18.2 Å². The Labute approximate surface area is 83.7 Å². The third-order valence-electron chi connectivity index (χ3n) is 1.86. The molecule has 1 aromatic heterocycles. The highest BCUT2D eigenvalue weighted by Gasteiger charge is 2.08. The Bertz CT molecular complexity index is 471. The van der Waals surface area contributed by atoms with E-state index in [1.807, 2.05) is 18.2 Å². The zero-order valence-corrected chi connectivity index (χ0v) is 8.59. The summed E-state index contributed by atoms with van der Waals surface area (Å²) in [6, 6.07) is 7.38. The van der Waals surface area contributed by atoms with Crippen molar-refractivity contribution in [3.05, 3.63) is 34.5 Å². The average Bonchev–Trinajstić information content (AvgIpc) is 2.49. The molecule has 0 saturated heterocycles. The summed E-state index contributed by atoms with van der Waals surface area (Å²) < 4.78 is 6.28. The van der Waals surface area contributed by atoms with Crippen LogP contribution in [0.5, 0.6) is 0 Å². The lowest BCUT2D eigenvalue weighted by molar-refractivity contribution is 0.0989. The minimum atomic E-state index is -0.0527. The zero-order chi connectivity index (χ0) is 9.42. The number of hydrogen-bond donors (Lipinski definition) is 0. The molecule has 1 aromatic carbocycles. The van der Waals surface area contributed by atoms with E-state index in [4.69, 9.17) is 4.42 Å². The first kappa shape index (κ1) is 8.51. The molecule has 0 fully saturated rings. The standard InChI is InChI=1S/C10H7BrO2/c1-6(12)10-5-7-8(11)3-2-4-9(7)13-10/h2-5H,1H3. The number of ketones is 1. The highest BCUT2D eigenvalue weighted by Crippen LogP contribution is 2.26. The summed E-state index contributed by atoms with van der Waals surface area (Å²) in [5.74, 6) is 0.352. The number of carbonyl (C=O) groups is 1. The lowest BCUT2D eigenvalue weighted by atomic mass is 10.2. The zero-order valence-electron chi connectivity index (χ0n) is 7.00. The molecule has 2 nitrogen and oxygen atoms in total.